The molecule has 0 aliphatic carbocycles. The van der Waals surface area contributed by atoms with Gasteiger partial charge in [0.1, 0.15) is 6.10 Å². The molecule has 2 fully saturated rings. The number of ether oxygens (including phenoxy) is 3. The van der Waals surface area contributed by atoms with Crippen molar-refractivity contribution in [3.8, 4) is 0 Å². The SMILES string of the molecule is CC1COC2OC(C)(C)OC2C1. The van der Waals surface area contributed by atoms with E-state index in [1.54, 1.807) is 0 Å². The summed E-state index contributed by atoms with van der Waals surface area (Å²) in [5.74, 6) is 0.128. The molecule has 2 aliphatic rings. The van der Waals surface area contributed by atoms with Crippen molar-refractivity contribution >= 4 is 0 Å². The molecule has 0 radical (unpaired) electrons. The van der Waals surface area contributed by atoms with Crippen molar-refractivity contribution in [1.82, 2.24) is 0 Å². The molecule has 3 heteroatoms. The minimum absolute atomic E-state index is 0.129. The van der Waals surface area contributed by atoms with Crippen LogP contribution in [-0.2, 0) is 14.2 Å². The number of rotatable bonds is 0. The average molecular weight is 172 g/mol. The fraction of sp³-hybridized carbons (Fsp3) is 1.00. The van der Waals surface area contributed by atoms with Gasteiger partial charge in [-0.05, 0) is 26.2 Å². The van der Waals surface area contributed by atoms with Gasteiger partial charge in [-0.1, -0.05) is 6.92 Å². The molecule has 3 unspecified atom stereocenters. The first kappa shape index (κ1) is 8.48. The van der Waals surface area contributed by atoms with Crippen molar-refractivity contribution in [2.45, 2.75) is 45.4 Å². The molecule has 3 atom stereocenters. The quantitative estimate of drug-likeness (QED) is 0.554. The Morgan fingerprint density at radius 1 is 1.25 bits per heavy atom. The zero-order chi connectivity index (χ0) is 8.77. The third-order valence-electron chi connectivity index (χ3n) is 2.32. The van der Waals surface area contributed by atoms with Crippen molar-refractivity contribution in [1.29, 1.82) is 0 Å². The van der Waals surface area contributed by atoms with Crippen molar-refractivity contribution in [3.63, 3.8) is 0 Å². The molecular weight excluding hydrogens is 156 g/mol. The Labute approximate surface area is 73.0 Å². The lowest BCUT2D eigenvalue weighted by Crippen LogP contribution is -2.35. The second-order valence-electron chi connectivity index (χ2n) is 4.22. The Morgan fingerprint density at radius 3 is 2.75 bits per heavy atom. The molecule has 0 bridgehead atoms. The summed E-state index contributed by atoms with van der Waals surface area (Å²) in [6.07, 6.45) is 1.06. The number of fused-ring (bicyclic) bond motifs is 1. The third-order valence-corrected chi connectivity index (χ3v) is 2.32. The third kappa shape index (κ3) is 1.49. The summed E-state index contributed by atoms with van der Waals surface area (Å²) in [6.45, 7) is 6.82. The Hall–Kier alpha value is -0.120. The van der Waals surface area contributed by atoms with E-state index in [1.165, 1.54) is 0 Å². The molecule has 0 aromatic rings. The van der Waals surface area contributed by atoms with E-state index < -0.39 is 5.79 Å². The summed E-state index contributed by atoms with van der Waals surface area (Å²) in [5.41, 5.74) is 0. The van der Waals surface area contributed by atoms with Crippen LogP contribution in [0.4, 0.5) is 0 Å². The second-order valence-corrected chi connectivity index (χ2v) is 4.22. The Balaban J connectivity index is 2.02. The van der Waals surface area contributed by atoms with Gasteiger partial charge in [-0.3, -0.25) is 0 Å². The lowest BCUT2D eigenvalue weighted by molar-refractivity contribution is -0.195. The standard InChI is InChI=1S/C9H16O3/c1-6-4-7-8(10-5-6)12-9(2,3)11-7/h6-8H,4-5H2,1-3H3. The van der Waals surface area contributed by atoms with E-state index in [0.717, 1.165) is 13.0 Å². The molecule has 2 rings (SSSR count). The van der Waals surface area contributed by atoms with E-state index in [4.69, 9.17) is 14.2 Å². The van der Waals surface area contributed by atoms with Gasteiger partial charge < -0.3 is 14.2 Å². The summed E-state index contributed by atoms with van der Waals surface area (Å²) in [5, 5.41) is 0. The van der Waals surface area contributed by atoms with Crippen LogP contribution in [0.2, 0.25) is 0 Å². The lowest BCUT2D eigenvalue weighted by Gasteiger charge is -2.26. The van der Waals surface area contributed by atoms with E-state index in [-0.39, 0.29) is 12.4 Å². The van der Waals surface area contributed by atoms with E-state index in [0.29, 0.717) is 5.92 Å². The second kappa shape index (κ2) is 2.69. The van der Waals surface area contributed by atoms with Gasteiger partial charge in [0.05, 0.1) is 6.61 Å². The predicted octanol–water partition coefficient (Wildman–Crippen LogP) is 1.52. The summed E-state index contributed by atoms with van der Waals surface area (Å²) in [7, 11) is 0. The highest BCUT2D eigenvalue weighted by molar-refractivity contribution is 4.80. The highest BCUT2D eigenvalue weighted by Gasteiger charge is 2.44. The zero-order valence-corrected chi connectivity index (χ0v) is 7.87. The number of hydrogen-bond acceptors (Lipinski definition) is 3. The molecule has 3 nitrogen and oxygen atoms in total. The van der Waals surface area contributed by atoms with E-state index >= 15 is 0 Å². The average Bonchev–Trinajstić information content (AvgIpc) is 2.21. The van der Waals surface area contributed by atoms with Gasteiger partial charge in [-0.2, -0.15) is 0 Å². The first-order chi connectivity index (χ1) is 5.57. The Bertz CT molecular complexity index is 179. The van der Waals surface area contributed by atoms with Crippen molar-refractivity contribution in [2.75, 3.05) is 6.61 Å². The van der Waals surface area contributed by atoms with E-state index in [1.807, 2.05) is 13.8 Å². The maximum absolute atomic E-state index is 5.68. The van der Waals surface area contributed by atoms with Gasteiger partial charge in [0.2, 0.25) is 0 Å². The van der Waals surface area contributed by atoms with Gasteiger partial charge in [0, 0.05) is 0 Å². The van der Waals surface area contributed by atoms with Gasteiger partial charge in [-0.15, -0.1) is 0 Å². The Morgan fingerprint density at radius 2 is 2.00 bits per heavy atom. The van der Waals surface area contributed by atoms with Crippen LogP contribution < -0.4 is 0 Å². The monoisotopic (exact) mass is 172 g/mol. The van der Waals surface area contributed by atoms with Crippen LogP contribution in [0.15, 0.2) is 0 Å². The maximum atomic E-state index is 5.68. The molecule has 2 heterocycles. The Kier molecular flexibility index (Phi) is 1.90. The summed E-state index contributed by atoms with van der Waals surface area (Å²) >= 11 is 0. The summed E-state index contributed by atoms with van der Waals surface area (Å²) in [6, 6.07) is 0. The van der Waals surface area contributed by atoms with Crippen molar-refractivity contribution < 1.29 is 14.2 Å². The molecule has 12 heavy (non-hydrogen) atoms. The molecule has 0 saturated carbocycles. The molecule has 2 aliphatic heterocycles. The van der Waals surface area contributed by atoms with Crippen LogP contribution in [0, 0.1) is 5.92 Å². The van der Waals surface area contributed by atoms with Crippen LogP contribution >= 0.6 is 0 Å². The normalized spacial score (nSPS) is 45.8. The van der Waals surface area contributed by atoms with Crippen LogP contribution in [-0.4, -0.2) is 24.8 Å². The van der Waals surface area contributed by atoms with Crippen LogP contribution in [0.1, 0.15) is 27.2 Å². The summed E-state index contributed by atoms with van der Waals surface area (Å²) < 4.78 is 16.7. The minimum Gasteiger partial charge on any atom is -0.350 e. The maximum Gasteiger partial charge on any atom is 0.187 e. The largest absolute Gasteiger partial charge is 0.350 e. The molecule has 0 aromatic heterocycles. The fourth-order valence-electron chi connectivity index (χ4n) is 1.83. The van der Waals surface area contributed by atoms with Gasteiger partial charge in [0.25, 0.3) is 0 Å². The van der Waals surface area contributed by atoms with Crippen LogP contribution in [0.25, 0.3) is 0 Å². The number of hydrogen-bond donors (Lipinski definition) is 0. The fourth-order valence-corrected chi connectivity index (χ4v) is 1.83. The molecular formula is C9H16O3. The molecule has 70 valence electrons. The van der Waals surface area contributed by atoms with Gasteiger partial charge in [0.15, 0.2) is 12.1 Å². The minimum atomic E-state index is -0.459. The van der Waals surface area contributed by atoms with Gasteiger partial charge >= 0.3 is 0 Å². The van der Waals surface area contributed by atoms with Crippen LogP contribution in [0.5, 0.6) is 0 Å². The summed E-state index contributed by atoms with van der Waals surface area (Å²) in [4.78, 5) is 0. The van der Waals surface area contributed by atoms with Crippen molar-refractivity contribution in [2.24, 2.45) is 5.92 Å². The first-order valence-corrected chi connectivity index (χ1v) is 4.54. The molecule has 0 N–H and O–H groups in total. The molecule has 0 amide bonds. The highest BCUT2D eigenvalue weighted by Crippen LogP contribution is 2.35. The van der Waals surface area contributed by atoms with Gasteiger partial charge in [-0.25, -0.2) is 0 Å². The predicted molar refractivity (Wildman–Crippen MR) is 43.6 cm³/mol. The highest BCUT2D eigenvalue weighted by atomic mass is 16.8. The molecule has 0 aromatic carbocycles. The molecule has 0 spiro atoms. The first-order valence-electron chi connectivity index (χ1n) is 4.54. The zero-order valence-electron chi connectivity index (χ0n) is 7.87. The topological polar surface area (TPSA) is 27.7 Å². The van der Waals surface area contributed by atoms with E-state index in [2.05, 4.69) is 6.92 Å². The van der Waals surface area contributed by atoms with E-state index in [9.17, 15) is 0 Å². The van der Waals surface area contributed by atoms with Crippen molar-refractivity contribution in [3.05, 3.63) is 0 Å². The molecule has 2 saturated heterocycles. The smallest absolute Gasteiger partial charge is 0.187 e. The van der Waals surface area contributed by atoms with Crippen LogP contribution in [0.3, 0.4) is 0 Å². The lowest BCUT2D eigenvalue weighted by atomic mass is 10.0.